The molecule has 1 aliphatic rings. The number of hydrogen-bond donors (Lipinski definition) is 1. The van der Waals surface area contributed by atoms with Gasteiger partial charge in [0.25, 0.3) is 0 Å². The standard InChI is InChI=1S/C13H21N7S/c1-2-6-19-10-14-8-12(19)9-21-13-16-17-18-20(13)7-5-15-11-3-4-11/h8,10-11,15H,2-7,9H2,1H3. The van der Waals surface area contributed by atoms with Crippen molar-refractivity contribution in [3.63, 3.8) is 0 Å². The second-order valence-corrected chi connectivity index (χ2v) is 6.22. The first-order chi connectivity index (χ1) is 10.4. The Morgan fingerprint density at radius 1 is 1.38 bits per heavy atom. The van der Waals surface area contributed by atoms with Crippen LogP contribution >= 0.6 is 11.8 Å². The van der Waals surface area contributed by atoms with Crippen molar-refractivity contribution in [2.24, 2.45) is 0 Å². The van der Waals surface area contributed by atoms with E-state index in [-0.39, 0.29) is 0 Å². The number of rotatable bonds is 9. The van der Waals surface area contributed by atoms with Gasteiger partial charge in [-0.05, 0) is 29.7 Å². The molecule has 0 radical (unpaired) electrons. The maximum Gasteiger partial charge on any atom is 0.209 e. The Hall–Kier alpha value is -1.41. The van der Waals surface area contributed by atoms with Crippen LogP contribution < -0.4 is 5.32 Å². The number of tetrazole rings is 1. The minimum atomic E-state index is 0.723. The van der Waals surface area contributed by atoms with Crippen molar-refractivity contribution in [2.75, 3.05) is 6.54 Å². The summed E-state index contributed by atoms with van der Waals surface area (Å²) in [4.78, 5) is 4.22. The molecule has 0 amide bonds. The molecule has 0 spiro atoms. The highest BCUT2D eigenvalue weighted by Crippen LogP contribution is 2.20. The molecule has 2 heterocycles. The van der Waals surface area contributed by atoms with E-state index in [1.807, 2.05) is 17.2 Å². The zero-order valence-corrected chi connectivity index (χ0v) is 13.1. The van der Waals surface area contributed by atoms with E-state index in [0.717, 1.165) is 43.0 Å². The van der Waals surface area contributed by atoms with Crippen molar-refractivity contribution < 1.29 is 0 Å². The first-order valence-corrected chi connectivity index (χ1v) is 8.46. The number of aryl methyl sites for hydroxylation is 1. The van der Waals surface area contributed by atoms with E-state index in [1.165, 1.54) is 18.5 Å². The van der Waals surface area contributed by atoms with E-state index in [2.05, 4.69) is 37.3 Å². The number of nitrogens with zero attached hydrogens (tertiary/aromatic N) is 6. The third kappa shape index (κ3) is 4.04. The normalized spacial score (nSPS) is 14.7. The van der Waals surface area contributed by atoms with Crippen molar-refractivity contribution in [3.05, 3.63) is 18.2 Å². The quantitative estimate of drug-likeness (QED) is 0.705. The third-order valence-corrected chi connectivity index (χ3v) is 4.44. The van der Waals surface area contributed by atoms with Crippen molar-refractivity contribution >= 4 is 11.8 Å². The van der Waals surface area contributed by atoms with Gasteiger partial charge in [-0.25, -0.2) is 9.67 Å². The van der Waals surface area contributed by atoms with Gasteiger partial charge >= 0.3 is 0 Å². The predicted octanol–water partition coefficient (Wildman–Crippen LogP) is 1.32. The maximum atomic E-state index is 4.22. The largest absolute Gasteiger partial charge is 0.334 e. The number of aromatic nitrogens is 6. The lowest BCUT2D eigenvalue weighted by atomic mass is 10.4. The van der Waals surface area contributed by atoms with Gasteiger partial charge < -0.3 is 9.88 Å². The Kier molecular flexibility index (Phi) is 4.87. The van der Waals surface area contributed by atoms with Gasteiger partial charge in [0.15, 0.2) is 0 Å². The zero-order chi connectivity index (χ0) is 14.5. The highest BCUT2D eigenvalue weighted by Gasteiger charge is 2.20. The van der Waals surface area contributed by atoms with Crippen LogP contribution in [0.25, 0.3) is 0 Å². The Bertz CT molecular complexity index is 560. The predicted molar refractivity (Wildman–Crippen MR) is 80.9 cm³/mol. The SMILES string of the molecule is CCCn1cncc1CSc1nnnn1CCNC1CC1. The highest BCUT2D eigenvalue weighted by atomic mass is 32.2. The molecular formula is C13H21N7S. The fraction of sp³-hybridized carbons (Fsp3) is 0.692. The summed E-state index contributed by atoms with van der Waals surface area (Å²) < 4.78 is 4.07. The molecule has 1 fully saturated rings. The minimum Gasteiger partial charge on any atom is -0.334 e. The topological polar surface area (TPSA) is 73.5 Å². The van der Waals surface area contributed by atoms with E-state index < -0.39 is 0 Å². The van der Waals surface area contributed by atoms with Crippen LogP contribution in [0.1, 0.15) is 31.9 Å². The van der Waals surface area contributed by atoms with Gasteiger partial charge in [0, 0.05) is 36.8 Å². The molecule has 2 aromatic rings. The van der Waals surface area contributed by atoms with Crippen LogP contribution in [0.4, 0.5) is 0 Å². The molecule has 1 aliphatic carbocycles. The third-order valence-electron chi connectivity index (χ3n) is 3.45. The van der Waals surface area contributed by atoms with Crippen LogP contribution in [0, 0.1) is 0 Å². The monoisotopic (exact) mass is 307 g/mol. The smallest absolute Gasteiger partial charge is 0.209 e. The van der Waals surface area contributed by atoms with Crippen LogP contribution in [0.3, 0.4) is 0 Å². The molecule has 1 N–H and O–H groups in total. The number of nitrogens with one attached hydrogen (secondary N) is 1. The Morgan fingerprint density at radius 2 is 2.29 bits per heavy atom. The molecule has 0 saturated heterocycles. The zero-order valence-electron chi connectivity index (χ0n) is 12.3. The number of hydrogen-bond acceptors (Lipinski definition) is 6. The lowest BCUT2D eigenvalue weighted by Crippen LogP contribution is -2.22. The van der Waals surface area contributed by atoms with Crippen molar-refractivity contribution in [1.29, 1.82) is 0 Å². The van der Waals surface area contributed by atoms with Crippen LogP contribution in [-0.4, -0.2) is 42.3 Å². The molecule has 7 nitrogen and oxygen atoms in total. The van der Waals surface area contributed by atoms with Crippen LogP contribution in [0.2, 0.25) is 0 Å². The van der Waals surface area contributed by atoms with Gasteiger partial charge in [0.2, 0.25) is 5.16 Å². The van der Waals surface area contributed by atoms with E-state index >= 15 is 0 Å². The molecule has 114 valence electrons. The average Bonchev–Trinajstić information content (AvgIpc) is 3.02. The molecular weight excluding hydrogens is 286 g/mol. The van der Waals surface area contributed by atoms with E-state index in [4.69, 9.17) is 0 Å². The Labute approximate surface area is 128 Å². The molecule has 2 aromatic heterocycles. The summed E-state index contributed by atoms with van der Waals surface area (Å²) in [5.74, 6) is 0.844. The summed E-state index contributed by atoms with van der Waals surface area (Å²) in [6.07, 6.45) is 7.53. The summed E-state index contributed by atoms with van der Waals surface area (Å²) in [5, 5.41) is 16.3. The van der Waals surface area contributed by atoms with Crippen LogP contribution in [0.15, 0.2) is 17.7 Å². The molecule has 0 unspecified atom stereocenters. The molecule has 0 atom stereocenters. The van der Waals surface area contributed by atoms with E-state index in [1.54, 1.807) is 11.8 Å². The second-order valence-electron chi connectivity index (χ2n) is 5.28. The second kappa shape index (κ2) is 7.04. The number of imidazole rings is 1. The van der Waals surface area contributed by atoms with Crippen LogP contribution in [-0.2, 0) is 18.8 Å². The van der Waals surface area contributed by atoms with Gasteiger partial charge in [0.05, 0.1) is 12.9 Å². The summed E-state index contributed by atoms with van der Waals surface area (Å²) in [6, 6.07) is 0.723. The summed E-state index contributed by atoms with van der Waals surface area (Å²) in [7, 11) is 0. The molecule has 8 heteroatoms. The highest BCUT2D eigenvalue weighted by molar-refractivity contribution is 7.98. The molecule has 0 aromatic carbocycles. The molecule has 1 saturated carbocycles. The van der Waals surface area contributed by atoms with Crippen LogP contribution in [0.5, 0.6) is 0 Å². The Balaban J connectivity index is 1.52. The van der Waals surface area contributed by atoms with Gasteiger partial charge in [-0.1, -0.05) is 18.7 Å². The lowest BCUT2D eigenvalue weighted by molar-refractivity contribution is 0.509. The average molecular weight is 307 g/mol. The molecule has 3 rings (SSSR count). The first kappa shape index (κ1) is 14.5. The van der Waals surface area contributed by atoms with E-state index in [0.29, 0.717) is 0 Å². The molecule has 0 aliphatic heterocycles. The van der Waals surface area contributed by atoms with Crippen molar-refractivity contribution in [3.8, 4) is 0 Å². The number of thioether (sulfide) groups is 1. The maximum absolute atomic E-state index is 4.22. The fourth-order valence-electron chi connectivity index (χ4n) is 2.15. The molecule has 21 heavy (non-hydrogen) atoms. The van der Waals surface area contributed by atoms with Gasteiger partial charge in [-0.15, -0.1) is 5.10 Å². The first-order valence-electron chi connectivity index (χ1n) is 7.48. The summed E-state index contributed by atoms with van der Waals surface area (Å²) in [5.41, 5.74) is 1.22. The molecule has 0 bridgehead atoms. The minimum absolute atomic E-state index is 0.723. The summed E-state index contributed by atoms with van der Waals surface area (Å²) >= 11 is 1.66. The fourth-order valence-corrected chi connectivity index (χ4v) is 3.04. The Morgan fingerprint density at radius 3 is 3.10 bits per heavy atom. The lowest BCUT2D eigenvalue weighted by Gasteiger charge is -2.07. The van der Waals surface area contributed by atoms with Gasteiger partial charge in [0.1, 0.15) is 0 Å². The van der Waals surface area contributed by atoms with Gasteiger partial charge in [-0.2, -0.15) is 0 Å². The van der Waals surface area contributed by atoms with E-state index in [9.17, 15) is 0 Å². The summed E-state index contributed by atoms with van der Waals surface area (Å²) in [6.45, 7) is 4.92. The van der Waals surface area contributed by atoms with Gasteiger partial charge in [-0.3, -0.25) is 0 Å². The van der Waals surface area contributed by atoms with Crippen molar-refractivity contribution in [1.82, 2.24) is 35.1 Å². The van der Waals surface area contributed by atoms with Crippen molar-refractivity contribution in [2.45, 2.75) is 56.2 Å².